The van der Waals surface area contributed by atoms with E-state index in [9.17, 15) is 13.5 Å². The molecule has 1 aliphatic carbocycles. The van der Waals surface area contributed by atoms with Gasteiger partial charge >= 0.3 is 0 Å². The average molecular weight is 304 g/mol. The minimum Gasteiger partial charge on any atom is -0.396 e. The van der Waals surface area contributed by atoms with E-state index in [1.54, 1.807) is 12.1 Å². The summed E-state index contributed by atoms with van der Waals surface area (Å²) in [6, 6.07) is 4.67. The van der Waals surface area contributed by atoms with Crippen LogP contribution >= 0.6 is 11.6 Å². The fraction of sp³-hybridized carbons (Fsp3) is 0.538. The van der Waals surface area contributed by atoms with Crippen molar-refractivity contribution < 1.29 is 13.5 Å². The molecule has 6 heteroatoms. The van der Waals surface area contributed by atoms with Crippen LogP contribution in [0.5, 0.6) is 0 Å². The third-order valence-corrected chi connectivity index (χ3v) is 5.55. The smallest absolute Gasteiger partial charge is 0.242 e. The van der Waals surface area contributed by atoms with Crippen molar-refractivity contribution in [2.24, 2.45) is 5.92 Å². The highest BCUT2D eigenvalue weighted by atomic mass is 35.5. The van der Waals surface area contributed by atoms with Crippen LogP contribution in [-0.4, -0.2) is 26.2 Å². The van der Waals surface area contributed by atoms with Crippen molar-refractivity contribution in [3.8, 4) is 0 Å². The monoisotopic (exact) mass is 303 g/mol. The van der Waals surface area contributed by atoms with Crippen LogP contribution in [0.4, 0.5) is 0 Å². The normalized spacial score (nSPS) is 23.7. The number of aliphatic hydroxyl groups is 1. The van der Waals surface area contributed by atoms with Gasteiger partial charge in [0.15, 0.2) is 0 Å². The number of aryl methyl sites for hydroxylation is 1. The first kappa shape index (κ1) is 14.8. The van der Waals surface area contributed by atoms with E-state index in [0.29, 0.717) is 0 Å². The molecule has 0 radical (unpaired) electrons. The molecular weight excluding hydrogens is 286 g/mol. The second kappa shape index (κ2) is 5.79. The maximum Gasteiger partial charge on any atom is 0.242 e. The summed E-state index contributed by atoms with van der Waals surface area (Å²) in [6.45, 7) is 1.86. The lowest BCUT2D eigenvalue weighted by molar-refractivity contribution is 0.213. The van der Waals surface area contributed by atoms with Crippen LogP contribution < -0.4 is 4.72 Å². The van der Waals surface area contributed by atoms with Gasteiger partial charge in [0.2, 0.25) is 10.0 Å². The molecule has 2 atom stereocenters. The Bertz CT molecular complexity index is 559. The van der Waals surface area contributed by atoms with Crippen LogP contribution in [0.3, 0.4) is 0 Å². The maximum absolute atomic E-state index is 12.3. The molecule has 4 nitrogen and oxygen atoms in total. The number of halogens is 1. The Morgan fingerprint density at radius 1 is 1.42 bits per heavy atom. The molecule has 106 valence electrons. The molecule has 0 amide bonds. The van der Waals surface area contributed by atoms with Gasteiger partial charge < -0.3 is 5.11 Å². The third kappa shape index (κ3) is 3.28. The predicted octanol–water partition coefficient (Wildman–Crippen LogP) is 2.09. The maximum atomic E-state index is 12.3. The minimum absolute atomic E-state index is 0.000927. The molecular formula is C13H18ClNO3S. The topological polar surface area (TPSA) is 66.4 Å². The Kier molecular flexibility index (Phi) is 4.50. The summed E-state index contributed by atoms with van der Waals surface area (Å²) in [7, 11) is -3.63. The first-order chi connectivity index (χ1) is 8.94. The molecule has 0 aromatic heterocycles. The van der Waals surface area contributed by atoms with E-state index in [0.717, 1.165) is 24.8 Å². The molecule has 1 aliphatic rings. The first-order valence-electron chi connectivity index (χ1n) is 6.33. The van der Waals surface area contributed by atoms with Gasteiger partial charge in [-0.05, 0) is 43.4 Å². The second-order valence-electron chi connectivity index (χ2n) is 5.04. The second-order valence-corrected chi connectivity index (χ2v) is 7.12. The number of nitrogens with one attached hydrogen (secondary N) is 1. The number of hydrogen-bond donors (Lipinski definition) is 2. The highest BCUT2D eigenvalue weighted by Gasteiger charge is 2.31. The zero-order valence-corrected chi connectivity index (χ0v) is 12.3. The number of rotatable bonds is 4. The standard InChI is InChI=1S/C13H18ClNO3S/c1-9-5-6-13(11(14)7-9)19(17,18)15-12-4-2-3-10(12)8-16/h5-7,10,12,15-16H,2-4,8H2,1H3. The van der Waals surface area contributed by atoms with Crippen LogP contribution in [0, 0.1) is 12.8 Å². The van der Waals surface area contributed by atoms with Crippen LogP contribution in [0.15, 0.2) is 23.1 Å². The molecule has 0 spiro atoms. The van der Waals surface area contributed by atoms with Gasteiger partial charge in [-0.3, -0.25) is 0 Å². The number of sulfonamides is 1. The quantitative estimate of drug-likeness (QED) is 0.895. The Morgan fingerprint density at radius 2 is 2.16 bits per heavy atom. The Labute approximate surface area is 118 Å². The van der Waals surface area contributed by atoms with Crippen molar-refractivity contribution in [1.29, 1.82) is 0 Å². The molecule has 1 aromatic carbocycles. The molecule has 0 heterocycles. The van der Waals surface area contributed by atoms with Gasteiger partial charge in [-0.1, -0.05) is 24.1 Å². The van der Waals surface area contributed by atoms with Crippen molar-refractivity contribution in [1.82, 2.24) is 4.72 Å². The van der Waals surface area contributed by atoms with Gasteiger partial charge in [0.05, 0.1) is 5.02 Å². The first-order valence-corrected chi connectivity index (χ1v) is 8.19. The van der Waals surface area contributed by atoms with Crippen LogP contribution in [0.1, 0.15) is 24.8 Å². The Balaban J connectivity index is 2.23. The lowest BCUT2D eigenvalue weighted by Gasteiger charge is -2.19. The van der Waals surface area contributed by atoms with Crippen molar-refractivity contribution in [2.75, 3.05) is 6.61 Å². The van der Waals surface area contributed by atoms with Crippen LogP contribution in [0.25, 0.3) is 0 Å². The molecule has 1 aromatic rings. The molecule has 0 aliphatic heterocycles. The molecule has 0 bridgehead atoms. The molecule has 2 rings (SSSR count). The van der Waals surface area contributed by atoms with E-state index in [-0.39, 0.29) is 28.5 Å². The number of aliphatic hydroxyl groups excluding tert-OH is 1. The van der Waals surface area contributed by atoms with Gasteiger partial charge in [0.1, 0.15) is 4.90 Å². The fourth-order valence-electron chi connectivity index (χ4n) is 2.50. The minimum atomic E-state index is -3.63. The number of hydrogen-bond acceptors (Lipinski definition) is 3. The van der Waals surface area contributed by atoms with E-state index in [4.69, 9.17) is 11.6 Å². The number of benzene rings is 1. The highest BCUT2D eigenvalue weighted by Crippen LogP contribution is 2.28. The van der Waals surface area contributed by atoms with Crippen LogP contribution in [0.2, 0.25) is 5.02 Å². The average Bonchev–Trinajstić information content (AvgIpc) is 2.74. The molecule has 0 saturated heterocycles. The summed E-state index contributed by atoms with van der Waals surface area (Å²) in [5.74, 6) is -0.000927. The van der Waals surface area contributed by atoms with E-state index >= 15 is 0 Å². The summed E-state index contributed by atoms with van der Waals surface area (Å²) in [5, 5.41) is 9.46. The third-order valence-electron chi connectivity index (χ3n) is 3.58. The molecule has 2 unspecified atom stereocenters. The van der Waals surface area contributed by atoms with E-state index in [2.05, 4.69) is 4.72 Å². The molecule has 1 fully saturated rings. The highest BCUT2D eigenvalue weighted by molar-refractivity contribution is 7.89. The molecule has 2 N–H and O–H groups in total. The van der Waals surface area contributed by atoms with Crippen molar-refractivity contribution >= 4 is 21.6 Å². The lowest BCUT2D eigenvalue weighted by Crippen LogP contribution is -2.38. The molecule has 1 saturated carbocycles. The van der Waals surface area contributed by atoms with Gasteiger partial charge in [0.25, 0.3) is 0 Å². The van der Waals surface area contributed by atoms with Gasteiger partial charge in [-0.2, -0.15) is 0 Å². The Hall–Kier alpha value is -0.620. The fourth-order valence-corrected chi connectivity index (χ4v) is 4.44. The van der Waals surface area contributed by atoms with Crippen molar-refractivity contribution in [2.45, 2.75) is 37.1 Å². The summed E-state index contributed by atoms with van der Waals surface area (Å²) >= 11 is 6.00. The predicted molar refractivity (Wildman–Crippen MR) is 74.7 cm³/mol. The van der Waals surface area contributed by atoms with E-state index in [1.165, 1.54) is 6.07 Å². The van der Waals surface area contributed by atoms with Gasteiger partial charge in [-0.25, -0.2) is 13.1 Å². The summed E-state index contributed by atoms with van der Waals surface area (Å²) < 4.78 is 27.3. The Morgan fingerprint density at radius 3 is 2.79 bits per heavy atom. The van der Waals surface area contributed by atoms with E-state index in [1.807, 2.05) is 6.92 Å². The zero-order valence-electron chi connectivity index (χ0n) is 10.8. The van der Waals surface area contributed by atoms with E-state index < -0.39 is 10.0 Å². The zero-order chi connectivity index (χ0) is 14.0. The SMILES string of the molecule is Cc1ccc(S(=O)(=O)NC2CCCC2CO)c(Cl)c1. The van der Waals surface area contributed by atoms with Gasteiger partial charge in [0, 0.05) is 12.6 Å². The largest absolute Gasteiger partial charge is 0.396 e. The van der Waals surface area contributed by atoms with Crippen molar-refractivity contribution in [3.63, 3.8) is 0 Å². The summed E-state index contributed by atoms with van der Waals surface area (Å²) in [5.41, 5.74) is 0.915. The van der Waals surface area contributed by atoms with Gasteiger partial charge in [-0.15, -0.1) is 0 Å². The molecule has 19 heavy (non-hydrogen) atoms. The lowest BCUT2D eigenvalue weighted by atomic mass is 10.1. The van der Waals surface area contributed by atoms with Crippen LogP contribution in [-0.2, 0) is 10.0 Å². The van der Waals surface area contributed by atoms with Crippen molar-refractivity contribution in [3.05, 3.63) is 28.8 Å². The summed E-state index contributed by atoms with van der Waals surface area (Å²) in [4.78, 5) is 0.100. The summed E-state index contributed by atoms with van der Waals surface area (Å²) in [6.07, 6.45) is 2.54.